The highest BCUT2D eigenvalue weighted by Gasteiger charge is 2.11. The lowest BCUT2D eigenvalue weighted by Gasteiger charge is -2.02. The molecule has 1 heterocycles. The van der Waals surface area contributed by atoms with E-state index in [0.717, 1.165) is 0 Å². The van der Waals surface area contributed by atoms with Gasteiger partial charge in [-0.2, -0.15) is 0 Å². The molecule has 98 valence electrons. The number of aromatic amines is 2. The van der Waals surface area contributed by atoms with E-state index in [2.05, 4.69) is 9.98 Å². The van der Waals surface area contributed by atoms with E-state index in [-0.39, 0.29) is 11.3 Å². The van der Waals surface area contributed by atoms with Crippen molar-refractivity contribution < 1.29 is 5.11 Å². The van der Waals surface area contributed by atoms with E-state index < -0.39 is 17.1 Å². The standard InChI is InChI=1S/C12H10ClN3O3/c1-6(14-8-4-2-7(13)3-5-8)9-10(17)15-12(19)16-11(9)18/h2-5H,1H3,(H3,15,16,17,18,19). The smallest absolute Gasteiger partial charge is 0.328 e. The summed E-state index contributed by atoms with van der Waals surface area (Å²) in [6.07, 6.45) is 0. The van der Waals surface area contributed by atoms with Crippen molar-refractivity contribution in [3.05, 3.63) is 55.7 Å². The van der Waals surface area contributed by atoms with Crippen LogP contribution >= 0.6 is 11.6 Å². The Bertz CT molecular complexity index is 744. The fourth-order valence-electron chi connectivity index (χ4n) is 1.58. The third-order valence-electron chi connectivity index (χ3n) is 2.41. The van der Waals surface area contributed by atoms with Crippen molar-refractivity contribution in [2.45, 2.75) is 6.92 Å². The van der Waals surface area contributed by atoms with Gasteiger partial charge >= 0.3 is 5.69 Å². The van der Waals surface area contributed by atoms with Gasteiger partial charge in [0.1, 0.15) is 5.56 Å². The molecule has 1 aromatic carbocycles. The molecular formula is C12H10ClN3O3. The monoisotopic (exact) mass is 279 g/mol. The van der Waals surface area contributed by atoms with Gasteiger partial charge < -0.3 is 5.11 Å². The van der Waals surface area contributed by atoms with Gasteiger partial charge in [-0.05, 0) is 31.2 Å². The molecule has 19 heavy (non-hydrogen) atoms. The zero-order valence-corrected chi connectivity index (χ0v) is 10.7. The summed E-state index contributed by atoms with van der Waals surface area (Å²) < 4.78 is 0. The molecule has 6 nitrogen and oxygen atoms in total. The maximum absolute atomic E-state index is 11.6. The highest BCUT2D eigenvalue weighted by molar-refractivity contribution is 6.30. The summed E-state index contributed by atoms with van der Waals surface area (Å²) in [7, 11) is 0. The second kappa shape index (κ2) is 5.11. The number of rotatable bonds is 2. The largest absolute Gasteiger partial charge is 0.494 e. The van der Waals surface area contributed by atoms with E-state index in [0.29, 0.717) is 10.7 Å². The van der Waals surface area contributed by atoms with E-state index in [1.807, 2.05) is 4.98 Å². The SMILES string of the molecule is CC(=Nc1ccc(Cl)cc1)c1c(O)[nH]c(=O)[nH]c1=O. The van der Waals surface area contributed by atoms with Crippen LogP contribution in [0.3, 0.4) is 0 Å². The lowest BCUT2D eigenvalue weighted by Crippen LogP contribution is -2.27. The van der Waals surface area contributed by atoms with Gasteiger partial charge in [-0.3, -0.25) is 19.8 Å². The number of hydrogen-bond donors (Lipinski definition) is 3. The van der Waals surface area contributed by atoms with Crippen LogP contribution in [0.1, 0.15) is 12.5 Å². The van der Waals surface area contributed by atoms with Gasteiger partial charge in [-0.25, -0.2) is 4.79 Å². The summed E-state index contributed by atoms with van der Waals surface area (Å²) in [5.41, 5.74) is -0.694. The van der Waals surface area contributed by atoms with Crippen LogP contribution in [0.2, 0.25) is 5.02 Å². The van der Waals surface area contributed by atoms with Crippen LogP contribution in [0.4, 0.5) is 5.69 Å². The Morgan fingerprint density at radius 1 is 1.21 bits per heavy atom. The molecule has 0 amide bonds. The number of aromatic hydroxyl groups is 1. The van der Waals surface area contributed by atoms with Crippen LogP contribution in [0, 0.1) is 0 Å². The second-order valence-corrected chi connectivity index (χ2v) is 4.24. The van der Waals surface area contributed by atoms with Crippen LogP contribution in [-0.4, -0.2) is 20.8 Å². The summed E-state index contributed by atoms with van der Waals surface area (Å²) in [5.74, 6) is -0.510. The third-order valence-corrected chi connectivity index (χ3v) is 2.66. The minimum atomic E-state index is -0.773. The van der Waals surface area contributed by atoms with Crippen molar-refractivity contribution in [1.29, 1.82) is 0 Å². The minimum Gasteiger partial charge on any atom is -0.494 e. The fourth-order valence-corrected chi connectivity index (χ4v) is 1.70. The number of H-pyrrole nitrogens is 2. The van der Waals surface area contributed by atoms with Gasteiger partial charge in [0.15, 0.2) is 0 Å². The number of nitrogens with one attached hydrogen (secondary N) is 2. The van der Waals surface area contributed by atoms with Crippen molar-refractivity contribution in [2.24, 2.45) is 4.99 Å². The van der Waals surface area contributed by atoms with Crippen molar-refractivity contribution in [2.75, 3.05) is 0 Å². The molecule has 0 saturated heterocycles. The predicted octanol–water partition coefficient (Wildman–Crippen LogP) is 1.56. The Balaban J connectivity index is 2.50. The summed E-state index contributed by atoms with van der Waals surface area (Å²) >= 11 is 5.75. The Hall–Kier alpha value is -2.34. The maximum Gasteiger partial charge on any atom is 0.328 e. The topological polar surface area (TPSA) is 98.3 Å². The number of benzene rings is 1. The van der Waals surface area contributed by atoms with Crippen LogP contribution in [-0.2, 0) is 0 Å². The Morgan fingerprint density at radius 3 is 2.42 bits per heavy atom. The van der Waals surface area contributed by atoms with E-state index in [9.17, 15) is 14.7 Å². The molecule has 2 rings (SSSR count). The van der Waals surface area contributed by atoms with Crippen molar-refractivity contribution >= 4 is 23.0 Å². The van der Waals surface area contributed by atoms with Gasteiger partial charge in [0.2, 0.25) is 5.88 Å². The summed E-state index contributed by atoms with van der Waals surface area (Å²) in [5, 5.41) is 10.2. The van der Waals surface area contributed by atoms with Crippen molar-refractivity contribution in [3.8, 4) is 5.88 Å². The number of nitrogens with zero attached hydrogens (tertiary/aromatic N) is 1. The highest BCUT2D eigenvalue weighted by Crippen LogP contribution is 2.18. The molecule has 1 aromatic heterocycles. The second-order valence-electron chi connectivity index (χ2n) is 3.81. The van der Waals surface area contributed by atoms with Gasteiger partial charge in [0, 0.05) is 5.02 Å². The zero-order valence-electron chi connectivity index (χ0n) is 9.90. The Morgan fingerprint density at radius 2 is 1.84 bits per heavy atom. The molecule has 0 saturated carbocycles. The van der Waals surface area contributed by atoms with E-state index >= 15 is 0 Å². The maximum atomic E-state index is 11.6. The lowest BCUT2D eigenvalue weighted by atomic mass is 10.2. The number of halogens is 1. The lowest BCUT2D eigenvalue weighted by molar-refractivity contribution is 0.447. The third kappa shape index (κ3) is 2.92. The molecule has 7 heteroatoms. The van der Waals surface area contributed by atoms with Gasteiger partial charge in [-0.1, -0.05) is 11.6 Å². The molecule has 0 bridgehead atoms. The average molecular weight is 280 g/mol. The van der Waals surface area contributed by atoms with Gasteiger partial charge in [-0.15, -0.1) is 0 Å². The molecule has 0 radical (unpaired) electrons. The van der Waals surface area contributed by atoms with Crippen LogP contribution in [0.25, 0.3) is 0 Å². The number of aliphatic imine (C=N–C) groups is 1. The molecule has 3 N–H and O–H groups in total. The molecule has 0 unspecified atom stereocenters. The van der Waals surface area contributed by atoms with Gasteiger partial charge in [0.05, 0.1) is 11.4 Å². The summed E-state index contributed by atoms with van der Waals surface area (Å²) in [4.78, 5) is 30.9. The first-order valence-electron chi connectivity index (χ1n) is 5.34. The van der Waals surface area contributed by atoms with Crippen LogP contribution < -0.4 is 11.2 Å². The molecule has 0 fully saturated rings. The first-order chi connectivity index (χ1) is 8.97. The van der Waals surface area contributed by atoms with Crippen LogP contribution in [0.5, 0.6) is 5.88 Å². The Labute approximate surface area is 112 Å². The van der Waals surface area contributed by atoms with Crippen molar-refractivity contribution in [1.82, 2.24) is 9.97 Å². The van der Waals surface area contributed by atoms with E-state index in [1.165, 1.54) is 0 Å². The predicted molar refractivity (Wildman–Crippen MR) is 72.7 cm³/mol. The molecule has 0 atom stereocenters. The van der Waals surface area contributed by atoms with E-state index in [1.54, 1.807) is 31.2 Å². The minimum absolute atomic E-state index is 0.0745. The van der Waals surface area contributed by atoms with Crippen molar-refractivity contribution in [3.63, 3.8) is 0 Å². The molecule has 2 aromatic rings. The molecular weight excluding hydrogens is 270 g/mol. The van der Waals surface area contributed by atoms with Gasteiger partial charge in [0.25, 0.3) is 5.56 Å². The summed E-state index contributed by atoms with van der Waals surface area (Å²) in [6.45, 7) is 1.55. The summed E-state index contributed by atoms with van der Waals surface area (Å²) in [6, 6.07) is 6.65. The van der Waals surface area contributed by atoms with Crippen LogP contribution in [0.15, 0.2) is 38.8 Å². The number of hydrogen-bond acceptors (Lipinski definition) is 4. The first-order valence-corrected chi connectivity index (χ1v) is 5.72. The first kappa shape index (κ1) is 13.1. The Kier molecular flexibility index (Phi) is 3.52. The fraction of sp³-hybridized carbons (Fsp3) is 0.0833. The molecule has 0 spiro atoms. The quantitative estimate of drug-likeness (QED) is 0.728. The molecule has 0 aliphatic heterocycles. The number of aromatic nitrogens is 2. The van der Waals surface area contributed by atoms with E-state index in [4.69, 9.17) is 11.6 Å². The molecule has 0 aliphatic rings. The normalized spacial score (nSPS) is 11.6. The zero-order chi connectivity index (χ0) is 14.0. The highest BCUT2D eigenvalue weighted by atomic mass is 35.5. The average Bonchev–Trinajstić information content (AvgIpc) is 2.30. The molecule has 0 aliphatic carbocycles.